The van der Waals surface area contributed by atoms with Gasteiger partial charge in [0.05, 0.1) is 6.42 Å². The third-order valence-electron chi connectivity index (χ3n) is 10.2. The highest BCUT2D eigenvalue weighted by Gasteiger charge is 2.33. The number of nitrogens with one attached hydrogen (secondary N) is 5. The molecule has 5 atom stereocenters. The average molecular weight is 810 g/mol. The number of hydrogen-bond acceptors (Lipinski definition) is 7. The molecule has 7 rings (SSSR count). The van der Waals surface area contributed by atoms with Gasteiger partial charge in [0.1, 0.15) is 30.3 Å². The van der Waals surface area contributed by atoms with Gasteiger partial charge < -0.3 is 36.8 Å². The molecule has 5 aromatic rings. The van der Waals surface area contributed by atoms with Crippen LogP contribution in [0.25, 0.3) is 11.1 Å². The summed E-state index contributed by atoms with van der Waals surface area (Å²) in [7, 11) is 0. The molecule has 0 aromatic heterocycles. The molecule has 2 aliphatic rings. The van der Waals surface area contributed by atoms with Crippen molar-refractivity contribution in [3.8, 4) is 11.1 Å². The zero-order chi connectivity index (χ0) is 42.6. The molecule has 308 valence electrons. The van der Waals surface area contributed by atoms with Gasteiger partial charge in [0.2, 0.25) is 23.6 Å². The third-order valence-corrected chi connectivity index (χ3v) is 10.2. The van der Waals surface area contributed by atoms with Crippen LogP contribution in [0.5, 0.6) is 0 Å². The van der Waals surface area contributed by atoms with Crippen molar-refractivity contribution in [2.24, 2.45) is 0 Å². The number of rotatable bonds is 8. The Morgan fingerprint density at radius 2 is 1.00 bits per heavy atom. The number of carbonyl (C=O) groups excluding carboxylic acids is 5. The third kappa shape index (κ3) is 12.0. The van der Waals surface area contributed by atoms with Gasteiger partial charge in [-0.2, -0.15) is 0 Å². The molecule has 2 heterocycles. The van der Waals surface area contributed by atoms with Gasteiger partial charge in [-0.15, -0.1) is 0 Å². The van der Waals surface area contributed by atoms with Crippen molar-refractivity contribution in [2.45, 2.75) is 69.3 Å². The standard InChI is InChI=1S/C47H47N5O8/c1-29-12-14-31(15-13-29)25-37-43(55)50-39(26-32-16-20-35(21-17-32)34-10-6-3-7-11-34)44(56)51-38(24-30-8-4-2-5-9-30)45(57)52-40(47(59)60)27-33-18-22-36(23-19-33)48-46(58)41(53)28-42(54)49-37/h2-23,37-41,53H,24-28H2,1H3,(H,48,58)(H,49,54)(H,50,55)(H,51,56)(H,52,57)(H,59,60)/t37-,38-,39+,40+,41-/m1/s1. The summed E-state index contributed by atoms with van der Waals surface area (Å²) in [4.78, 5) is 81.6. The molecule has 2 bridgehead atoms. The molecule has 0 fully saturated rings. The van der Waals surface area contributed by atoms with Gasteiger partial charge in [-0.05, 0) is 52.4 Å². The second-order valence-corrected chi connectivity index (χ2v) is 14.9. The molecule has 0 saturated heterocycles. The highest BCUT2D eigenvalue weighted by Crippen LogP contribution is 2.20. The Morgan fingerprint density at radius 3 is 1.55 bits per heavy atom. The van der Waals surface area contributed by atoms with Crippen LogP contribution in [0.2, 0.25) is 0 Å². The fraction of sp³-hybridized carbons (Fsp3) is 0.234. The molecule has 5 aromatic carbocycles. The minimum atomic E-state index is -1.78. The minimum Gasteiger partial charge on any atom is -0.480 e. The Bertz CT molecular complexity index is 2290. The Morgan fingerprint density at radius 1 is 0.533 bits per heavy atom. The molecule has 2 aliphatic heterocycles. The molecule has 0 spiro atoms. The Hall–Kier alpha value is -7.12. The van der Waals surface area contributed by atoms with Crippen molar-refractivity contribution < 1.29 is 39.0 Å². The van der Waals surface area contributed by atoms with E-state index in [-0.39, 0.29) is 31.4 Å². The lowest BCUT2D eigenvalue weighted by Gasteiger charge is -2.26. The summed E-state index contributed by atoms with van der Waals surface area (Å²) in [6.07, 6.45) is -2.61. The number of carboxylic acid groups (broad SMARTS) is 1. The normalized spacial score (nSPS) is 20.7. The number of amides is 5. The van der Waals surface area contributed by atoms with E-state index >= 15 is 0 Å². The highest BCUT2D eigenvalue weighted by atomic mass is 16.4. The predicted octanol–water partition coefficient (Wildman–Crippen LogP) is 3.66. The van der Waals surface area contributed by atoms with Crippen molar-refractivity contribution in [3.05, 3.63) is 161 Å². The van der Waals surface area contributed by atoms with Crippen LogP contribution in [0.4, 0.5) is 5.69 Å². The lowest BCUT2D eigenvalue weighted by atomic mass is 9.98. The van der Waals surface area contributed by atoms with E-state index in [4.69, 9.17) is 0 Å². The summed E-state index contributed by atoms with van der Waals surface area (Å²) >= 11 is 0. The van der Waals surface area contributed by atoms with Gasteiger partial charge in [-0.25, -0.2) is 4.79 Å². The van der Waals surface area contributed by atoms with Gasteiger partial charge in [-0.3, -0.25) is 24.0 Å². The minimum absolute atomic E-state index is 0.0000190. The first kappa shape index (κ1) is 42.5. The number of fused-ring (bicyclic) bond motifs is 18. The summed E-state index contributed by atoms with van der Waals surface area (Å²) < 4.78 is 0. The summed E-state index contributed by atoms with van der Waals surface area (Å²) in [5.74, 6) is -5.20. The maximum Gasteiger partial charge on any atom is 0.326 e. The van der Waals surface area contributed by atoms with Crippen LogP contribution >= 0.6 is 0 Å². The van der Waals surface area contributed by atoms with Gasteiger partial charge in [0.25, 0.3) is 5.91 Å². The maximum absolute atomic E-state index is 14.5. The van der Waals surface area contributed by atoms with Crippen LogP contribution < -0.4 is 26.6 Å². The smallest absolute Gasteiger partial charge is 0.326 e. The number of benzene rings is 5. The molecule has 7 N–H and O–H groups in total. The van der Waals surface area contributed by atoms with E-state index in [1.807, 2.05) is 73.7 Å². The SMILES string of the molecule is Cc1ccc(C[C@H]2NC(=O)C[C@@H](O)C(=O)Nc3ccc(cc3)C[C@@H](C(=O)O)NC(=O)[C@@H](Cc3ccccc3)NC(=O)[C@H](Cc3ccc(-c4ccccc4)cc3)NC2=O)cc1. The fourth-order valence-corrected chi connectivity index (χ4v) is 6.86. The van der Waals surface area contributed by atoms with Gasteiger partial charge in [-0.1, -0.05) is 127 Å². The van der Waals surface area contributed by atoms with Crippen LogP contribution in [-0.2, 0) is 54.5 Å². The first-order valence-corrected chi connectivity index (χ1v) is 19.6. The Balaban J connectivity index is 1.36. The summed E-state index contributed by atoms with van der Waals surface area (Å²) in [5, 5.41) is 34.3. The zero-order valence-corrected chi connectivity index (χ0v) is 33.0. The molecular weight excluding hydrogens is 763 g/mol. The number of carboxylic acids is 1. The number of carbonyl (C=O) groups is 6. The van der Waals surface area contributed by atoms with E-state index in [0.717, 1.165) is 16.7 Å². The fourth-order valence-electron chi connectivity index (χ4n) is 6.86. The lowest BCUT2D eigenvalue weighted by molar-refractivity contribution is -0.142. The number of aliphatic carboxylic acids is 1. The largest absolute Gasteiger partial charge is 0.480 e. The van der Waals surface area contributed by atoms with Gasteiger partial charge >= 0.3 is 5.97 Å². The Labute approximate surface area is 347 Å². The number of aliphatic hydroxyl groups excluding tert-OH is 1. The van der Waals surface area contributed by atoms with Crippen LogP contribution in [0.15, 0.2) is 133 Å². The molecule has 0 aliphatic carbocycles. The van der Waals surface area contributed by atoms with Crippen LogP contribution in [0.3, 0.4) is 0 Å². The number of anilines is 1. The molecule has 13 nitrogen and oxygen atoms in total. The van der Waals surface area contributed by atoms with E-state index in [1.165, 1.54) is 12.1 Å². The van der Waals surface area contributed by atoms with E-state index in [0.29, 0.717) is 22.3 Å². The van der Waals surface area contributed by atoms with Crippen molar-refractivity contribution in [1.82, 2.24) is 21.3 Å². The van der Waals surface area contributed by atoms with Crippen molar-refractivity contribution in [3.63, 3.8) is 0 Å². The van der Waals surface area contributed by atoms with E-state index in [2.05, 4.69) is 26.6 Å². The molecule has 0 saturated carbocycles. The summed E-state index contributed by atoms with van der Waals surface area (Å²) in [6.45, 7) is 1.91. The molecular formula is C47H47N5O8. The van der Waals surface area contributed by atoms with E-state index < -0.39 is 72.2 Å². The van der Waals surface area contributed by atoms with Crippen LogP contribution in [-0.4, -0.2) is 76.0 Å². The molecule has 60 heavy (non-hydrogen) atoms. The maximum atomic E-state index is 14.5. The summed E-state index contributed by atoms with van der Waals surface area (Å²) in [5.41, 5.74) is 5.73. The number of hydrogen-bond donors (Lipinski definition) is 7. The average Bonchev–Trinajstić information content (AvgIpc) is 3.24. The molecule has 5 amide bonds. The lowest BCUT2D eigenvalue weighted by Crippen LogP contribution is -2.59. The molecule has 13 heteroatoms. The van der Waals surface area contributed by atoms with Gasteiger partial charge in [0.15, 0.2) is 0 Å². The summed E-state index contributed by atoms with van der Waals surface area (Å²) in [6, 6.07) is 34.3. The topological polar surface area (TPSA) is 203 Å². The molecule has 0 radical (unpaired) electrons. The van der Waals surface area contributed by atoms with E-state index in [1.54, 1.807) is 54.6 Å². The van der Waals surface area contributed by atoms with Crippen LogP contribution in [0, 0.1) is 6.92 Å². The zero-order valence-electron chi connectivity index (χ0n) is 33.0. The monoisotopic (exact) mass is 809 g/mol. The predicted molar refractivity (Wildman–Crippen MR) is 225 cm³/mol. The number of aliphatic hydroxyl groups is 1. The van der Waals surface area contributed by atoms with Gasteiger partial charge in [0, 0.05) is 31.4 Å². The first-order valence-electron chi connectivity index (χ1n) is 19.6. The first-order chi connectivity index (χ1) is 28.9. The number of aryl methyl sites for hydroxylation is 1. The highest BCUT2D eigenvalue weighted by molar-refractivity contribution is 5.98. The van der Waals surface area contributed by atoms with Crippen molar-refractivity contribution >= 4 is 41.2 Å². The van der Waals surface area contributed by atoms with Crippen molar-refractivity contribution in [2.75, 3.05) is 5.32 Å². The molecule has 0 unspecified atom stereocenters. The van der Waals surface area contributed by atoms with E-state index in [9.17, 15) is 39.0 Å². The Kier molecular flexibility index (Phi) is 14.2. The second kappa shape index (κ2) is 20.0. The quantitative estimate of drug-likeness (QED) is 0.115. The van der Waals surface area contributed by atoms with Crippen LogP contribution in [0.1, 0.15) is 34.2 Å². The van der Waals surface area contributed by atoms with Crippen molar-refractivity contribution in [1.29, 1.82) is 0 Å². The second-order valence-electron chi connectivity index (χ2n) is 14.9.